The molecule has 0 N–H and O–H groups in total. The van der Waals surface area contributed by atoms with Gasteiger partial charge in [-0.25, -0.2) is 4.68 Å². The minimum atomic E-state index is -5.70. The summed E-state index contributed by atoms with van der Waals surface area (Å²) in [4.78, 5) is 17.3. The molecule has 11 heteroatoms. The Hall–Kier alpha value is -2.23. The van der Waals surface area contributed by atoms with Crippen LogP contribution in [0.1, 0.15) is 26.2 Å². The smallest absolute Gasteiger partial charge is 0.308 e. The number of carbonyl (C=O) groups is 1. The first-order valence-electron chi connectivity index (χ1n) is 7.97. The summed E-state index contributed by atoms with van der Waals surface area (Å²) in [5, 5.41) is 3.95. The largest absolute Gasteiger partial charge is 0.453 e. The molecule has 2 aromatic heterocycles. The van der Waals surface area contributed by atoms with Crippen LogP contribution in [0.15, 0.2) is 30.7 Å². The van der Waals surface area contributed by atoms with Crippen LogP contribution in [0.25, 0.3) is 5.69 Å². The summed E-state index contributed by atoms with van der Waals surface area (Å²) in [6, 6.07) is 3.33. The van der Waals surface area contributed by atoms with Gasteiger partial charge in [-0.15, -0.1) is 0 Å². The average molecular weight is 411 g/mol. The third-order valence-electron chi connectivity index (χ3n) is 3.67. The van der Waals surface area contributed by atoms with Gasteiger partial charge in [-0.05, 0) is 18.6 Å². The monoisotopic (exact) mass is 410 g/mol. The van der Waals surface area contributed by atoms with Gasteiger partial charge in [0.05, 0.1) is 18.1 Å². The van der Waals surface area contributed by atoms with Crippen LogP contribution in [0.3, 0.4) is 0 Å². The van der Waals surface area contributed by atoms with Crippen LogP contribution in [0.4, 0.5) is 27.6 Å². The molecule has 0 fully saturated rings. The van der Waals surface area contributed by atoms with Crippen LogP contribution in [-0.2, 0) is 4.79 Å². The quantitative estimate of drug-likeness (QED) is 0.625. The first-order valence-corrected chi connectivity index (χ1v) is 8.35. The highest BCUT2D eigenvalue weighted by atomic mass is 35.5. The maximum atomic E-state index is 13.1. The van der Waals surface area contributed by atoms with Gasteiger partial charge in [0.2, 0.25) is 5.91 Å². The first kappa shape index (κ1) is 21.1. The summed E-state index contributed by atoms with van der Waals surface area (Å²) >= 11 is 6.06. The molecular weight excluding hydrogens is 395 g/mol. The second kappa shape index (κ2) is 8.20. The fourth-order valence-corrected chi connectivity index (χ4v) is 2.52. The maximum Gasteiger partial charge on any atom is 0.453 e. The number of pyridine rings is 1. The van der Waals surface area contributed by atoms with E-state index >= 15 is 0 Å². The molecule has 0 aliphatic heterocycles. The van der Waals surface area contributed by atoms with E-state index in [1.807, 2.05) is 0 Å². The molecule has 2 rings (SSSR count). The fraction of sp³-hybridized carbons (Fsp3) is 0.438. The molecule has 5 nitrogen and oxygen atoms in total. The van der Waals surface area contributed by atoms with Gasteiger partial charge in [-0.2, -0.15) is 27.1 Å². The fourth-order valence-electron chi connectivity index (χ4n) is 2.29. The van der Waals surface area contributed by atoms with Crippen molar-refractivity contribution in [3.63, 3.8) is 0 Å². The molecule has 0 unspecified atom stereocenters. The lowest BCUT2D eigenvalue weighted by Gasteiger charge is -2.23. The number of alkyl halides is 5. The van der Waals surface area contributed by atoms with Gasteiger partial charge in [-0.3, -0.25) is 9.78 Å². The van der Waals surface area contributed by atoms with Crippen molar-refractivity contribution in [2.75, 3.05) is 11.4 Å². The van der Waals surface area contributed by atoms with E-state index < -0.39 is 30.8 Å². The maximum absolute atomic E-state index is 13.1. The topological polar surface area (TPSA) is 51.0 Å². The number of carbonyl (C=O) groups excluding carboxylic acids is 1. The Labute approximate surface area is 156 Å². The summed E-state index contributed by atoms with van der Waals surface area (Å²) < 4.78 is 64.4. The Kier molecular flexibility index (Phi) is 6.40. The van der Waals surface area contributed by atoms with E-state index in [2.05, 4.69) is 10.1 Å². The van der Waals surface area contributed by atoms with Crippen LogP contribution in [0, 0.1) is 0 Å². The van der Waals surface area contributed by atoms with E-state index in [1.165, 1.54) is 17.1 Å². The number of nitrogens with zero attached hydrogens (tertiary/aromatic N) is 4. The molecule has 148 valence electrons. The van der Waals surface area contributed by atoms with Crippen LogP contribution in [0.2, 0.25) is 5.15 Å². The molecule has 0 aliphatic rings. The Balaban J connectivity index is 2.22. The van der Waals surface area contributed by atoms with Crippen molar-refractivity contribution in [3.8, 4) is 5.69 Å². The lowest BCUT2D eigenvalue weighted by Crippen LogP contribution is -2.39. The molecule has 0 spiro atoms. The molecular formula is C16H16ClF5N4O. The van der Waals surface area contributed by atoms with Gasteiger partial charge in [-0.1, -0.05) is 18.5 Å². The SMILES string of the molecule is CCCN(C(=O)CCC(F)(F)C(F)(F)F)c1cn(-c2cccnc2)nc1Cl. The summed E-state index contributed by atoms with van der Waals surface area (Å²) in [5.41, 5.74) is 0.667. The molecule has 0 bridgehead atoms. The van der Waals surface area contributed by atoms with Crippen molar-refractivity contribution in [1.82, 2.24) is 14.8 Å². The van der Waals surface area contributed by atoms with E-state index in [9.17, 15) is 26.7 Å². The van der Waals surface area contributed by atoms with Gasteiger partial charge in [0.25, 0.3) is 0 Å². The normalized spacial score (nSPS) is 12.3. The molecule has 27 heavy (non-hydrogen) atoms. The molecule has 0 atom stereocenters. The average Bonchev–Trinajstić information content (AvgIpc) is 2.99. The zero-order valence-electron chi connectivity index (χ0n) is 14.2. The van der Waals surface area contributed by atoms with E-state index in [1.54, 1.807) is 25.3 Å². The molecule has 0 radical (unpaired) electrons. The van der Waals surface area contributed by atoms with Crippen molar-refractivity contribution in [2.24, 2.45) is 0 Å². The number of hydrogen-bond donors (Lipinski definition) is 0. The third-order valence-corrected chi connectivity index (χ3v) is 3.94. The zero-order chi connectivity index (χ0) is 20.2. The molecule has 0 aromatic carbocycles. The second-order valence-electron chi connectivity index (χ2n) is 5.71. The van der Waals surface area contributed by atoms with Crippen molar-refractivity contribution >= 4 is 23.2 Å². The highest BCUT2D eigenvalue weighted by molar-refractivity contribution is 6.32. The summed E-state index contributed by atoms with van der Waals surface area (Å²) in [6.07, 6.45) is -3.45. The van der Waals surface area contributed by atoms with E-state index in [0.29, 0.717) is 12.1 Å². The van der Waals surface area contributed by atoms with Crippen molar-refractivity contribution in [3.05, 3.63) is 35.9 Å². The Morgan fingerprint density at radius 3 is 2.56 bits per heavy atom. The molecule has 2 aromatic rings. The number of hydrogen-bond acceptors (Lipinski definition) is 3. The van der Waals surface area contributed by atoms with Crippen molar-refractivity contribution in [1.29, 1.82) is 0 Å². The standard InChI is InChI=1S/C16H16ClF5N4O/c1-2-8-25(13(27)5-6-15(18,19)16(20,21)22)12-10-26(24-14(12)17)11-4-3-7-23-9-11/h3-4,7,9-10H,2,5-6,8H2,1H3. The number of aromatic nitrogens is 3. The van der Waals surface area contributed by atoms with Crippen LogP contribution in [0.5, 0.6) is 0 Å². The number of halogens is 6. The Morgan fingerprint density at radius 2 is 2.00 bits per heavy atom. The minimum Gasteiger partial charge on any atom is -0.308 e. The minimum absolute atomic E-state index is 0.0803. The lowest BCUT2D eigenvalue weighted by atomic mass is 10.1. The predicted octanol–water partition coefficient (Wildman–Crippen LogP) is 4.64. The third kappa shape index (κ3) is 4.94. The van der Waals surface area contributed by atoms with Gasteiger partial charge < -0.3 is 4.90 Å². The number of amides is 1. The van der Waals surface area contributed by atoms with Gasteiger partial charge in [0.1, 0.15) is 5.69 Å². The van der Waals surface area contributed by atoms with Crippen molar-refractivity contribution in [2.45, 2.75) is 38.3 Å². The van der Waals surface area contributed by atoms with Crippen LogP contribution >= 0.6 is 11.6 Å². The highest BCUT2D eigenvalue weighted by Crippen LogP contribution is 2.39. The Morgan fingerprint density at radius 1 is 1.30 bits per heavy atom. The zero-order valence-corrected chi connectivity index (χ0v) is 14.9. The molecule has 1 amide bonds. The van der Waals surface area contributed by atoms with Gasteiger partial charge in [0, 0.05) is 25.6 Å². The molecule has 0 aliphatic carbocycles. The Bertz CT molecular complexity index is 779. The number of rotatable bonds is 7. The van der Waals surface area contributed by atoms with Gasteiger partial charge in [0.15, 0.2) is 5.15 Å². The lowest BCUT2D eigenvalue weighted by molar-refractivity contribution is -0.284. The summed E-state index contributed by atoms with van der Waals surface area (Å²) in [6.45, 7) is 1.82. The van der Waals surface area contributed by atoms with Gasteiger partial charge >= 0.3 is 12.1 Å². The summed E-state index contributed by atoms with van der Waals surface area (Å²) in [5.74, 6) is -5.84. The number of anilines is 1. The predicted molar refractivity (Wildman–Crippen MR) is 89.2 cm³/mol. The van der Waals surface area contributed by atoms with Crippen LogP contribution in [-0.4, -0.2) is 39.3 Å². The van der Waals surface area contributed by atoms with Crippen LogP contribution < -0.4 is 4.90 Å². The van der Waals surface area contributed by atoms with Crippen molar-refractivity contribution < 1.29 is 26.7 Å². The van der Waals surface area contributed by atoms with E-state index in [-0.39, 0.29) is 17.4 Å². The molecule has 0 saturated carbocycles. The summed E-state index contributed by atoms with van der Waals surface area (Å²) in [7, 11) is 0. The van der Waals surface area contributed by atoms with E-state index in [4.69, 9.17) is 11.6 Å². The molecule has 0 saturated heterocycles. The molecule has 2 heterocycles. The first-order chi connectivity index (χ1) is 12.6. The van der Waals surface area contributed by atoms with E-state index in [0.717, 1.165) is 4.90 Å². The second-order valence-corrected chi connectivity index (χ2v) is 6.07. The highest BCUT2D eigenvalue weighted by Gasteiger charge is 2.57.